The maximum absolute atomic E-state index is 8.93. The molecule has 0 aliphatic heterocycles. The third kappa shape index (κ3) is 36.0. The van der Waals surface area contributed by atoms with Gasteiger partial charge in [0, 0.05) is 0 Å². The average molecular weight is 602 g/mol. The molecule has 122 valence electrons. The molecule has 0 aromatic rings. The summed E-state index contributed by atoms with van der Waals surface area (Å²) in [5.74, 6) is -13.1. The van der Waals surface area contributed by atoms with Gasteiger partial charge in [0.1, 0.15) is 0 Å². The topological polar surface area (TPSA) is 241 Å². The standard InChI is InChI=1S/3C2H2O4.2Tm/c3*3-1(4)2(5)6;;/h3*(H,3,4)(H,5,6);;/q;;;2*+3/p-6. The van der Waals surface area contributed by atoms with Crippen molar-refractivity contribution in [1.82, 2.24) is 0 Å². The predicted molar refractivity (Wildman–Crippen MR) is 30.0 cm³/mol. The number of carbonyl (C=O) groups is 6. The van der Waals surface area contributed by atoms with Crippen molar-refractivity contribution < 1.29 is 133 Å². The van der Waals surface area contributed by atoms with Gasteiger partial charge in [-0.15, -0.1) is 0 Å². The van der Waals surface area contributed by atoms with E-state index in [2.05, 4.69) is 0 Å². The molecule has 0 aliphatic rings. The quantitative estimate of drug-likeness (QED) is 0.235. The van der Waals surface area contributed by atoms with Gasteiger partial charge in [-0.25, -0.2) is 0 Å². The molecule has 0 unspecified atom stereocenters. The molecule has 0 aromatic heterocycles. The number of carboxylic acids is 6. The number of carbonyl (C=O) groups excluding carboxylic acids is 6. The molecule has 0 heterocycles. The van der Waals surface area contributed by atoms with E-state index in [0.717, 1.165) is 0 Å². The third-order valence-electron chi connectivity index (χ3n) is 0.500. The molecule has 0 spiro atoms. The molecule has 0 bridgehead atoms. The van der Waals surface area contributed by atoms with E-state index in [9.17, 15) is 0 Å². The molecule has 0 radical (unpaired) electrons. The molecule has 0 rings (SSSR count). The first kappa shape index (κ1) is 31.6. The van der Waals surface area contributed by atoms with Crippen molar-refractivity contribution in [3.05, 3.63) is 0 Å². The molecule has 12 nitrogen and oxygen atoms in total. The van der Waals surface area contributed by atoms with E-state index in [1.807, 2.05) is 0 Å². The number of hydrogen-bond donors (Lipinski definition) is 0. The maximum Gasteiger partial charge on any atom is 3.00 e. The Kier molecular flexibility index (Phi) is 28.9. The summed E-state index contributed by atoms with van der Waals surface area (Å²) >= 11 is 0. The average Bonchev–Trinajstić information content (AvgIpc) is 2.18. The Morgan fingerprint density at radius 1 is 0.350 bits per heavy atom. The largest absolute Gasteiger partial charge is 3.00 e. The molecule has 20 heavy (non-hydrogen) atoms. The van der Waals surface area contributed by atoms with Gasteiger partial charge in [-0.2, -0.15) is 0 Å². The van der Waals surface area contributed by atoms with E-state index >= 15 is 0 Å². The summed E-state index contributed by atoms with van der Waals surface area (Å²) in [4.78, 5) is 53.6. The van der Waals surface area contributed by atoms with Gasteiger partial charge in [-0.05, 0) is 0 Å². The van der Waals surface area contributed by atoms with Crippen LogP contribution < -0.4 is 30.6 Å². The zero-order valence-corrected chi connectivity index (χ0v) is 12.0. The van der Waals surface area contributed by atoms with Crippen LogP contribution >= 0.6 is 0 Å². The van der Waals surface area contributed by atoms with E-state index in [0.29, 0.717) is 0 Å². The minimum absolute atomic E-state index is 0. The summed E-state index contributed by atoms with van der Waals surface area (Å²) in [6, 6.07) is 0. The predicted octanol–water partition coefficient (Wildman–Crippen LogP) is -10.5. The molecule has 0 amide bonds. The van der Waals surface area contributed by atoms with Gasteiger partial charge in [0.2, 0.25) is 0 Å². The van der Waals surface area contributed by atoms with Crippen molar-refractivity contribution in [2.24, 2.45) is 0 Å². The van der Waals surface area contributed by atoms with Gasteiger partial charge in [0.15, 0.2) is 0 Å². The molecular weight excluding hydrogens is 602 g/mol. The molecule has 0 aliphatic carbocycles. The molecule has 14 heteroatoms. The fraction of sp³-hybridized carbons (Fsp3) is 0. The monoisotopic (exact) mass is 602 g/mol. The summed E-state index contributed by atoms with van der Waals surface area (Å²) < 4.78 is 0. The number of hydrogen-bond acceptors (Lipinski definition) is 12. The Morgan fingerprint density at radius 3 is 0.400 bits per heavy atom. The van der Waals surface area contributed by atoms with Crippen molar-refractivity contribution in [3.8, 4) is 0 Å². The van der Waals surface area contributed by atoms with Crippen LogP contribution in [-0.4, -0.2) is 35.8 Å². The first-order valence-corrected chi connectivity index (χ1v) is 3.20. The van der Waals surface area contributed by atoms with Crippen LogP contribution in [-0.2, 0) is 28.8 Å². The second kappa shape index (κ2) is 18.3. The van der Waals surface area contributed by atoms with E-state index in [1.165, 1.54) is 0 Å². The summed E-state index contributed by atoms with van der Waals surface area (Å²) in [5, 5.41) is 53.6. The molecule has 0 fully saturated rings. The fourth-order valence-corrected chi connectivity index (χ4v) is 0. The van der Waals surface area contributed by atoms with Crippen LogP contribution in [0.25, 0.3) is 0 Å². The van der Waals surface area contributed by atoms with Crippen LogP contribution in [0.3, 0.4) is 0 Å². The maximum atomic E-state index is 8.93. The van der Waals surface area contributed by atoms with E-state index in [1.54, 1.807) is 0 Å². The third-order valence-corrected chi connectivity index (χ3v) is 0.500. The number of rotatable bonds is 0. The normalized spacial score (nSPS) is 6.60. The first-order valence-electron chi connectivity index (χ1n) is 3.20. The van der Waals surface area contributed by atoms with Gasteiger partial charge in [0.05, 0.1) is 35.8 Å². The van der Waals surface area contributed by atoms with Gasteiger partial charge in [-0.3, -0.25) is 0 Å². The Balaban J connectivity index is -0.0000000536. The van der Waals surface area contributed by atoms with E-state index in [4.69, 9.17) is 59.4 Å². The summed E-state index contributed by atoms with van der Waals surface area (Å²) in [6.07, 6.45) is 0. The number of aliphatic carboxylic acids is 6. The van der Waals surface area contributed by atoms with Crippen LogP contribution in [0.4, 0.5) is 0 Å². The molecule has 0 saturated heterocycles. The van der Waals surface area contributed by atoms with Gasteiger partial charge in [-0.1, -0.05) is 0 Å². The minimum atomic E-state index is -2.19. The molecule has 0 atom stereocenters. The van der Waals surface area contributed by atoms with Crippen molar-refractivity contribution in [2.45, 2.75) is 0 Å². The van der Waals surface area contributed by atoms with Gasteiger partial charge in [0.25, 0.3) is 0 Å². The SMILES string of the molecule is O=C([O-])C(=O)[O-].O=C([O-])C(=O)[O-].O=C([O-])C(=O)[O-].[Tm+3].[Tm+3]. The second-order valence-electron chi connectivity index (χ2n) is 1.72. The van der Waals surface area contributed by atoms with Crippen molar-refractivity contribution >= 4 is 35.8 Å². The van der Waals surface area contributed by atoms with Gasteiger partial charge >= 0.3 is 73.7 Å². The minimum Gasteiger partial charge on any atom is -0.543 e. The number of carboxylic acid groups (broad SMARTS) is 6. The van der Waals surface area contributed by atoms with E-state index in [-0.39, 0.29) is 73.7 Å². The van der Waals surface area contributed by atoms with Crippen molar-refractivity contribution in [2.75, 3.05) is 0 Å². The van der Waals surface area contributed by atoms with Crippen molar-refractivity contribution in [3.63, 3.8) is 0 Å². The summed E-state index contributed by atoms with van der Waals surface area (Å²) in [6.45, 7) is 0. The Hall–Kier alpha value is -0.712. The molecule has 0 N–H and O–H groups in total. The van der Waals surface area contributed by atoms with Crippen LogP contribution in [0.15, 0.2) is 0 Å². The van der Waals surface area contributed by atoms with E-state index < -0.39 is 35.8 Å². The molecule has 0 aromatic carbocycles. The van der Waals surface area contributed by atoms with Crippen LogP contribution in [0.5, 0.6) is 0 Å². The zero-order chi connectivity index (χ0) is 15.5. The smallest absolute Gasteiger partial charge is 0.543 e. The molecule has 0 saturated carbocycles. The molecular formula is C6O12Tm2. The Bertz CT molecular complexity index is 281. The van der Waals surface area contributed by atoms with Crippen LogP contribution in [0, 0.1) is 73.7 Å². The Labute approximate surface area is 167 Å². The summed E-state index contributed by atoms with van der Waals surface area (Å²) in [5.41, 5.74) is 0. The summed E-state index contributed by atoms with van der Waals surface area (Å²) in [7, 11) is 0. The van der Waals surface area contributed by atoms with Crippen molar-refractivity contribution in [1.29, 1.82) is 0 Å². The fourth-order valence-electron chi connectivity index (χ4n) is 0. The van der Waals surface area contributed by atoms with Gasteiger partial charge < -0.3 is 59.4 Å². The van der Waals surface area contributed by atoms with Crippen LogP contribution in [0.2, 0.25) is 0 Å². The van der Waals surface area contributed by atoms with Crippen LogP contribution in [0.1, 0.15) is 0 Å². The second-order valence-corrected chi connectivity index (χ2v) is 1.72. The first-order chi connectivity index (χ1) is 7.93. The Morgan fingerprint density at radius 2 is 0.400 bits per heavy atom. The zero-order valence-electron chi connectivity index (χ0n) is 8.45.